The molecule has 0 saturated carbocycles. The average Bonchev–Trinajstić information content (AvgIpc) is 2.93. The summed E-state index contributed by atoms with van der Waals surface area (Å²) >= 11 is 6.10. The van der Waals surface area contributed by atoms with Crippen LogP contribution >= 0.6 is 11.6 Å². The monoisotopic (exact) mass is 372 g/mol. The molecule has 0 fully saturated rings. The summed E-state index contributed by atoms with van der Waals surface area (Å²) in [4.78, 5) is 0. The van der Waals surface area contributed by atoms with E-state index in [0.717, 1.165) is 10.6 Å². The molecule has 1 aromatic heterocycles. The van der Waals surface area contributed by atoms with Crippen LogP contribution in [-0.2, 0) is 12.6 Å². The number of hydrogen-bond acceptors (Lipinski definition) is 3. The van der Waals surface area contributed by atoms with Crippen molar-refractivity contribution in [1.82, 2.24) is 4.57 Å². The lowest BCUT2D eigenvalue weighted by Crippen LogP contribution is -2.47. The average molecular weight is 373 g/mol. The molecule has 134 valence electrons. The Hall–Kier alpha value is -2.17. The molecule has 2 unspecified atom stereocenters. The molecular weight excluding hydrogens is 357 g/mol. The van der Waals surface area contributed by atoms with E-state index in [1.807, 2.05) is 0 Å². The zero-order valence-electron chi connectivity index (χ0n) is 13.7. The van der Waals surface area contributed by atoms with Gasteiger partial charge in [-0.05, 0) is 29.8 Å². The fraction of sp³-hybridized carbons (Fsp3) is 0.353. The van der Waals surface area contributed by atoms with E-state index in [4.69, 9.17) is 21.6 Å². The van der Waals surface area contributed by atoms with Crippen LogP contribution in [0.25, 0.3) is 0 Å². The third kappa shape index (κ3) is 3.08. The highest BCUT2D eigenvalue weighted by Gasteiger charge is 2.60. The summed E-state index contributed by atoms with van der Waals surface area (Å²) in [6.07, 6.45) is -4.99. The van der Waals surface area contributed by atoms with Crippen molar-refractivity contribution in [3.05, 3.63) is 52.3 Å². The molecule has 2 atom stereocenters. The Kier molecular flexibility index (Phi) is 5.07. The molecule has 2 rings (SSSR count). The van der Waals surface area contributed by atoms with Gasteiger partial charge in [0.05, 0.1) is 12.8 Å². The van der Waals surface area contributed by atoms with Crippen LogP contribution in [0.5, 0.6) is 5.75 Å². The Morgan fingerprint density at radius 1 is 1.28 bits per heavy atom. The third-order valence-corrected chi connectivity index (χ3v) is 4.69. The molecule has 0 aliphatic heterocycles. The van der Waals surface area contributed by atoms with Crippen molar-refractivity contribution < 1.29 is 23.0 Å². The first-order valence-corrected chi connectivity index (χ1v) is 7.64. The van der Waals surface area contributed by atoms with Gasteiger partial charge in [0.25, 0.3) is 0 Å². The maximum Gasteiger partial charge on any atom is 0.423 e. The molecule has 0 amide bonds. The summed E-state index contributed by atoms with van der Waals surface area (Å²) in [7, 11) is 2.71. The molecule has 0 aliphatic rings. The first-order valence-electron chi connectivity index (χ1n) is 7.26. The van der Waals surface area contributed by atoms with Crippen LogP contribution in [-0.4, -0.2) is 23.0 Å². The molecule has 8 heteroatoms. The van der Waals surface area contributed by atoms with Crippen LogP contribution in [0.2, 0.25) is 5.02 Å². The zero-order chi connectivity index (χ0) is 19.0. The minimum Gasteiger partial charge on any atom is -0.497 e. The van der Waals surface area contributed by atoms with Gasteiger partial charge in [-0.2, -0.15) is 18.4 Å². The van der Waals surface area contributed by atoms with Gasteiger partial charge in [0.15, 0.2) is 0 Å². The van der Waals surface area contributed by atoms with Gasteiger partial charge in [0.1, 0.15) is 17.5 Å². The van der Waals surface area contributed by atoms with Crippen LogP contribution < -0.4 is 4.74 Å². The highest BCUT2D eigenvalue weighted by atomic mass is 35.5. The molecule has 0 radical (unpaired) electrons. The first-order chi connectivity index (χ1) is 11.6. The number of rotatable bonds is 4. The predicted molar refractivity (Wildman–Crippen MR) is 86.5 cm³/mol. The Balaban J connectivity index is 2.65. The smallest absolute Gasteiger partial charge is 0.423 e. The van der Waals surface area contributed by atoms with Crippen LogP contribution in [0, 0.1) is 11.3 Å². The lowest BCUT2D eigenvalue weighted by atomic mass is 9.80. The number of hydrogen-bond donors (Lipinski definition) is 1. The normalized spacial score (nSPS) is 15.3. The molecule has 1 N–H and O–H groups in total. The maximum atomic E-state index is 13.9. The highest BCUT2D eigenvalue weighted by Crippen LogP contribution is 2.50. The van der Waals surface area contributed by atoms with Crippen LogP contribution in [0.4, 0.5) is 13.2 Å². The summed E-state index contributed by atoms with van der Waals surface area (Å²) in [5.41, 5.74) is -3.54. The van der Waals surface area contributed by atoms with Gasteiger partial charge in [-0.3, -0.25) is 0 Å². The number of nitriles is 1. The summed E-state index contributed by atoms with van der Waals surface area (Å²) in [5, 5.41) is 19.8. The number of methoxy groups -OCH3 is 1. The number of ether oxygens (including phenoxy) is 1. The molecule has 1 heterocycles. The lowest BCUT2D eigenvalue weighted by molar-refractivity contribution is -0.276. The van der Waals surface area contributed by atoms with E-state index in [1.54, 1.807) is 6.07 Å². The Bertz CT molecular complexity index is 826. The molecule has 0 spiro atoms. The number of aromatic nitrogens is 1. The molecule has 0 bridgehead atoms. The van der Waals surface area contributed by atoms with Crippen LogP contribution in [0.3, 0.4) is 0 Å². The topological polar surface area (TPSA) is 58.2 Å². The van der Waals surface area contributed by atoms with Crippen molar-refractivity contribution in [2.24, 2.45) is 7.05 Å². The van der Waals surface area contributed by atoms with E-state index >= 15 is 0 Å². The summed E-state index contributed by atoms with van der Waals surface area (Å²) in [6, 6.07) is 8.36. The number of aliphatic hydroxyl groups is 1. The van der Waals surface area contributed by atoms with Gasteiger partial charge >= 0.3 is 6.18 Å². The van der Waals surface area contributed by atoms with Crippen LogP contribution in [0.15, 0.2) is 30.3 Å². The Labute approximate surface area is 148 Å². The van der Waals surface area contributed by atoms with E-state index in [0.29, 0.717) is 5.75 Å². The fourth-order valence-electron chi connectivity index (χ4n) is 2.83. The molecule has 25 heavy (non-hydrogen) atoms. The van der Waals surface area contributed by atoms with Crippen molar-refractivity contribution in [3.63, 3.8) is 0 Å². The standard InChI is InChI=1S/C17H16ClF3N2O2/c1-10(13-6-5-12(25-3)8-14(13)18)16(24,17(19,20)21)15-7-4-11(9-22)23(15)2/h4-8,10,24H,1-3H3. The van der Waals surface area contributed by atoms with Crippen LogP contribution in [0.1, 0.15) is 29.8 Å². The largest absolute Gasteiger partial charge is 0.497 e. The minimum atomic E-state index is -4.99. The van der Waals surface area contributed by atoms with Gasteiger partial charge < -0.3 is 14.4 Å². The van der Waals surface area contributed by atoms with Gasteiger partial charge in [0, 0.05) is 18.0 Å². The number of alkyl halides is 3. The van der Waals surface area contributed by atoms with Crippen molar-refractivity contribution >= 4 is 11.6 Å². The van der Waals surface area contributed by atoms with E-state index in [9.17, 15) is 18.3 Å². The van der Waals surface area contributed by atoms with Crippen molar-refractivity contribution in [3.8, 4) is 11.8 Å². The van der Waals surface area contributed by atoms with Crippen molar-refractivity contribution in [2.75, 3.05) is 7.11 Å². The first kappa shape index (κ1) is 19.2. The van der Waals surface area contributed by atoms with Gasteiger partial charge in [-0.25, -0.2) is 0 Å². The van der Waals surface area contributed by atoms with Crippen molar-refractivity contribution in [2.45, 2.75) is 24.6 Å². The molecular formula is C17H16ClF3N2O2. The predicted octanol–water partition coefficient (Wildman–Crippen LogP) is 4.11. The quantitative estimate of drug-likeness (QED) is 0.878. The number of benzene rings is 1. The molecule has 4 nitrogen and oxygen atoms in total. The number of halogens is 4. The second-order valence-corrected chi connectivity index (χ2v) is 6.06. The second kappa shape index (κ2) is 6.62. The third-order valence-electron chi connectivity index (χ3n) is 4.36. The Morgan fingerprint density at radius 3 is 2.36 bits per heavy atom. The van der Waals surface area contributed by atoms with Crippen molar-refractivity contribution in [1.29, 1.82) is 5.26 Å². The maximum absolute atomic E-state index is 13.9. The van der Waals surface area contributed by atoms with Gasteiger partial charge in [0.2, 0.25) is 5.60 Å². The van der Waals surface area contributed by atoms with E-state index in [2.05, 4.69) is 0 Å². The van der Waals surface area contributed by atoms with E-state index in [1.165, 1.54) is 45.3 Å². The lowest BCUT2D eigenvalue weighted by Gasteiger charge is -2.37. The number of nitrogens with zero attached hydrogens (tertiary/aromatic N) is 2. The zero-order valence-corrected chi connectivity index (χ0v) is 14.5. The molecule has 0 saturated heterocycles. The van der Waals surface area contributed by atoms with E-state index in [-0.39, 0.29) is 16.3 Å². The SMILES string of the molecule is COc1ccc(C(C)C(O)(c2ccc(C#N)n2C)C(F)(F)F)c(Cl)c1. The fourth-order valence-corrected chi connectivity index (χ4v) is 3.16. The van der Waals surface area contributed by atoms with Gasteiger partial charge in [-0.1, -0.05) is 24.6 Å². The van der Waals surface area contributed by atoms with Gasteiger partial charge in [-0.15, -0.1) is 0 Å². The summed E-state index contributed by atoms with van der Waals surface area (Å²) in [6.45, 7) is 1.24. The summed E-state index contributed by atoms with van der Waals surface area (Å²) < 4.78 is 47.7. The van der Waals surface area contributed by atoms with E-state index < -0.39 is 23.4 Å². The summed E-state index contributed by atoms with van der Waals surface area (Å²) in [5.74, 6) is -1.03. The minimum absolute atomic E-state index is 0.00528. The second-order valence-electron chi connectivity index (χ2n) is 5.65. The molecule has 1 aromatic carbocycles. The molecule has 2 aromatic rings. The highest BCUT2D eigenvalue weighted by molar-refractivity contribution is 6.31. The Morgan fingerprint density at radius 2 is 1.92 bits per heavy atom. The molecule has 0 aliphatic carbocycles.